The van der Waals surface area contributed by atoms with Crippen molar-refractivity contribution in [2.45, 2.75) is 6.61 Å². The van der Waals surface area contributed by atoms with Crippen LogP contribution in [0.25, 0.3) is 11.0 Å². The van der Waals surface area contributed by atoms with Gasteiger partial charge in [-0.05, 0) is 34.2 Å². The number of amides is 1. The van der Waals surface area contributed by atoms with Gasteiger partial charge in [0.2, 0.25) is 0 Å². The minimum absolute atomic E-state index is 0.240. The molecule has 0 aliphatic heterocycles. The van der Waals surface area contributed by atoms with E-state index in [-0.39, 0.29) is 6.61 Å². The third-order valence-corrected chi connectivity index (χ3v) is 3.83. The summed E-state index contributed by atoms with van der Waals surface area (Å²) in [7, 11) is 0. The van der Waals surface area contributed by atoms with E-state index in [1.165, 1.54) is 0 Å². The van der Waals surface area contributed by atoms with E-state index < -0.39 is 6.09 Å². The molecule has 0 bridgehead atoms. The summed E-state index contributed by atoms with van der Waals surface area (Å²) in [6.45, 7) is 0.240. The maximum atomic E-state index is 11.8. The van der Waals surface area contributed by atoms with Crippen LogP contribution in [0.15, 0.2) is 48.8 Å². The van der Waals surface area contributed by atoms with Crippen molar-refractivity contribution in [1.29, 1.82) is 0 Å². The number of aromatic amines is 1. The van der Waals surface area contributed by atoms with Crippen molar-refractivity contribution in [3.05, 3.63) is 57.9 Å². The van der Waals surface area contributed by atoms with Crippen LogP contribution in [0.2, 0.25) is 0 Å². The van der Waals surface area contributed by atoms with Crippen LogP contribution >= 0.6 is 22.6 Å². The lowest BCUT2D eigenvalue weighted by molar-refractivity contribution is 0.155. The van der Waals surface area contributed by atoms with E-state index >= 15 is 0 Å². The maximum absolute atomic E-state index is 11.8. The molecule has 2 N–H and O–H groups in total. The first-order chi connectivity index (χ1) is 10.2. The van der Waals surface area contributed by atoms with Gasteiger partial charge in [-0.2, -0.15) is 0 Å². The summed E-state index contributed by atoms with van der Waals surface area (Å²) in [4.78, 5) is 19.1. The van der Waals surface area contributed by atoms with Gasteiger partial charge in [0.1, 0.15) is 12.3 Å². The number of anilines is 1. The van der Waals surface area contributed by atoms with Gasteiger partial charge in [-0.3, -0.25) is 5.32 Å². The Bertz CT molecular complexity index is 771. The van der Waals surface area contributed by atoms with E-state index in [1.54, 1.807) is 6.20 Å². The Labute approximate surface area is 134 Å². The van der Waals surface area contributed by atoms with Crippen LogP contribution in [0.1, 0.15) is 5.56 Å². The number of carbonyl (C=O) groups is 1. The van der Waals surface area contributed by atoms with Gasteiger partial charge in [-0.15, -0.1) is 0 Å². The number of rotatable bonds is 3. The first-order valence-electron chi connectivity index (χ1n) is 6.33. The highest BCUT2D eigenvalue weighted by Crippen LogP contribution is 2.21. The van der Waals surface area contributed by atoms with E-state index in [1.807, 2.05) is 42.6 Å². The summed E-state index contributed by atoms with van der Waals surface area (Å²) < 4.78 is 6.22. The maximum Gasteiger partial charge on any atom is 0.412 e. The lowest BCUT2D eigenvalue weighted by Gasteiger charge is -2.07. The van der Waals surface area contributed by atoms with Gasteiger partial charge in [0.15, 0.2) is 0 Å². The average Bonchev–Trinajstić information content (AvgIpc) is 2.87. The lowest BCUT2D eigenvalue weighted by Crippen LogP contribution is -2.13. The Hall–Kier alpha value is -2.09. The highest BCUT2D eigenvalue weighted by atomic mass is 127. The quantitative estimate of drug-likeness (QED) is 0.663. The van der Waals surface area contributed by atoms with Gasteiger partial charge in [0.25, 0.3) is 0 Å². The number of H-pyrrole nitrogens is 1. The smallest absolute Gasteiger partial charge is 0.412 e. The number of ether oxygens (including phenoxy) is 1. The number of aromatic nitrogens is 2. The molecule has 2 heterocycles. The first kappa shape index (κ1) is 13.9. The number of benzene rings is 1. The van der Waals surface area contributed by atoms with Gasteiger partial charge >= 0.3 is 6.09 Å². The second-order valence-electron chi connectivity index (χ2n) is 4.44. The molecular formula is C15H12IN3O2. The molecule has 2 aromatic heterocycles. The van der Waals surface area contributed by atoms with Crippen LogP contribution in [0.3, 0.4) is 0 Å². The molecule has 0 radical (unpaired) electrons. The second kappa shape index (κ2) is 6.13. The molecular weight excluding hydrogens is 381 g/mol. The van der Waals surface area contributed by atoms with E-state index in [0.717, 1.165) is 20.2 Å². The highest BCUT2D eigenvalue weighted by Gasteiger charge is 2.07. The topological polar surface area (TPSA) is 67.0 Å². The monoisotopic (exact) mass is 393 g/mol. The third-order valence-electron chi connectivity index (χ3n) is 2.94. The van der Waals surface area contributed by atoms with Crippen LogP contribution in [-0.4, -0.2) is 16.1 Å². The fourth-order valence-corrected chi connectivity index (χ4v) is 2.48. The van der Waals surface area contributed by atoms with E-state index in [0.29, 0.717) is 5.69 Å². The van der Waals surface area contributed by atoms with Crippen LogP contribution in [0.4, 0.5) is 10.5 Å². The van der Waals surface area contributed by atoms with Gasteiger partial charge in [-0.25, -0.2) is 9.78 Å². The van der Waals surface area contributed by atoms with Crippen LogP contribution < -0.4 is 5.32 Å². The minimum atomic E-state index is -0.495. The van der Waals surface area contributed by atoms with E-state index in [2.05, 4.69) is 37.9 Å². The van der Waals surface area contributed by atoms with Gasteiger partial charge in [-0.1, -0.05) is 30.3 Å². The summed E-state index contributed by atoms with van der Waals surface area (Å²) in [5.41, 5.74) is 2.35. The van der Waals surface area contributed by atoms with Crippen molar-refractivity contribution in [3.63, 3.8) is 0 Å². The molecule has 0 atom stereocenters. The fraction of sp³-hybridized carbons (Fsp3) is 0.0667. The third kappa shape index (κ3) is 3.33. The Morgan fingerprint density at radius 2 is 2.14 bits per heavy atom. The molecule has 106 valence electrons. The molecule has 6 heteroatoms. The number of hydrogen-bond acceptors (Lipinski definition) is 3. The first-order valence-corrected chi connectivity index (χ1v) is 7.40. The second-order valence-corrected chi connectivity index (χ2v) is 5.61. The SMILES string of the molecule is O=C(Nc1cnc2[nH]cc(I)c2c1)OCc1ccccc1. The summed E-state index contributed by atoms with van der Waals surface area (Å²) in [6, 6.07) is 11.4. The molecule has 1 aromatic carbocycles. The van der Waals surface area contributed by atoms with Crippen molar-refractivity contribution in [2.75, 3.05) is 5.32 Å². The molecule has 0 saturated carbocycles. The van der Waals surface area contributed by atoms with Crippen molar-refractivity contribution < 1.29 is 9.53 Å². The standard InChI is InChI=1S/C15H12IN3O2/c16-13-8-18-14-12(13)6-11(7-17-14)19-15(20)21-9-10-4-2-1-3-5-10/h1-8H,9H2,(H,17,18)(H,19,20). The average molecular weight is 393 g/mol. The molecule has 1 amide bonds. The number of fused-ring (bicyclic) bond motifs is 1. The van der Waals surface area contributed by atoms with Crippen LogP contribution in [-0.2, 0) is 11.3 Å². The Morgan fingerprint density at radius 1 is 1.33 bits per heavy atom. The van der Waals surface area contributed by atoms with Crippen molar-refractivity contribution in [1.82, 2.24) is 9.97 Å². The number of nitrogens with one attached hydrogen (secondary N) is 2. The van der Waals surface area contributed by atoms with Crippen molar-refractivity contribution in [2.24, 2.45) is 0 Å². The largest absolute Gasteiger partial charge is 0.444 e. The van der Waals surface area contributed by atoms with Crippen molar-refractivity contribution in [3.8, 4) is 0 Å². The molecule has 5 nitrogen and oxygen atoms in total. The number of pyridine rings is 1. The zero-order chi connectivity index (χ0) is 14.7. The number of nitrogens with zero attached hydrogens (tertiary/aromatic N) is 1. The molecule has 0 unspecified atom stereocenters. The molecule has 0 fully saturated rings. The summed E-state index contributed by atoms with van der Waals surface area (Å²) >= 11 is 2.21. The molecule has 0 spiro atoms. The van der Waals surface area contributed by atoms with Gasteiger partial charge < -0.3 is 9.72 Å². The molecule has 0 saturated heterocycles. The number of carbonyl (C=O) groups excluding carboxylic acids is 1. The van der Waals surface area contributed by atoms with Crippen LogP contribution in [0.5, 0.6) is 0 Å². The minimum Gasteiger partial charge on any atom is -0.444 e. The predicted octanol–water partition coefficient (Wildman–Crippen LogP) is 3.92. The molecule has 21 heavy (non-hydrogen) atoms. The Balaban J connectivity index is 1.64. The summed E-state index contributed by atoms with van der Waals surface area (Å²) in [6.07, 6.45) is 2.97. The molecule has 3 rings (SSSR count). The van der Waals surface area contributed by atoms with Crippen LogP contribution in [0, 0.1) is 3.57 Å². The Kier molecular flexibility index (Phi) is 4.05. The normalized spacial score (nSPS) is 10.5. The zero-order valence-corrected chi connectivity index (χ0v) is 13.1. The van der Waals surface area contributed by atoms with Gasteiger partial charge in [0, 0.05) is 15.2 Å². The predicted molar refractivity (Wildman–Crippen MR) is 89.1 cm³/mol. The number of hydrogen-bond donors (Lipinski definition) is 2. The van der Waals surface area contributed by atoms with E-state index in [9.17, 15) is 4.79 Å². The van der Waals surface area contributed by atoms with E-state index in [4.69, 9.17) is 4.74 Å². The Morgan fingerprint density at radius 3 is 2.95 bits per heavy atom. The lowest BCUT2D eigenvalue weighted by atomic mass is 10.2. The molecule has 3 aromatic rings. The summed E-state index contributed by atoms with van der Waals surface area (Å²) in [5.74, 6) is 0. The highest BCUT2D eigenvalue weighted by molar-refractivity contribution is 14.1. The zero-order valence-electron chi connectivity index (χ0n) is 11.0. The molecule has 0 aliphatic rings. The van der Waals surface area contributed by atoms with Gasteiger partial charge in [0.05, 0.1) is 11.9 Å². The molecule has 0 aliphatic carbocycles. The number of halogens is 1. The van der Waals surface area contributed by atoms with Crippen molar-refractivity contribution >= 4 is 45.4 Å². The fourth-order valence-electron chi connectivity index (χ4n) is 1.92. The summed E-state index contributed by atoms with van der Waals surface area (Å²) in [5, 5.41) is 3.65.